The molecule has 2 bridgehead atoms. The molecule has 1 atom stereocenters. The lowest BCUT2D eigenvalue weighted by atomic mass is 11.0. The normalized spacial score (nSPS) is 47.7. The van der Waals surface area contributed by atoms with E-state index in [0.29, 0.717) is 0 Å². The predicted molar refractivity (Wildman–Crippen MR) is 21.0 cm³/mol. The monoisotopic (exact) mass is 113 g/mol. The Labute approximate surface area is 38.9 Å². The van der Waals surface area contributed by atoms with Crippen molar-refractivity contribution in [2.75, 3.05) is 0 Å². The van der Waals surface area contributed by atoms with Crippen molar-refractivity contribution in [3.63, 3.8) is 0 Å². The molecule has 0 saturated carbocycles. The van der Waals surface area contributed by atoms with Crippen LogP contribution in [0.5, 0.6) is 0 Å². The second-order valence-electron chi connectivity index (χ2n) is 1.70. The molecule has 1 saturated heterocycles. The molecule has 33 valence electrons. The van der Waals surface area contributed by atoms with Crippen LogP contribution in [-0.2, 0) is 4.57 Å². The van der Waals surface area contributed by atoms with E-state index in [1.807, 2.05) is 0 Å². The van der Waals surface area contributed by atoms with E-state index in [1.54, 1.807) is 0 Å². The summed E-state index contributed by atoms with van der Waals surface area (Å²) in [6, 6.07) is 0. The Kier molecular flexibility index (Phi) is 0.143. The van der Waals surface area contributed by atoms with Gasteiger partial charge in [0.1, 0.15) is 5.11 Å². The van der Waals surface area contributed by atoms with Gasteiger partial charge < -0.3 is 0 Å². The maximum absolute atomic E-state index is 10.8. The molecule has 0 amide bonds. The minimum absolute atomic E-state index is 0.771. The molecule has 0 N–H and O–H groups in total. The first-order chi connectivity index (χ1) is 3.35. The maximum atomic E-state index is 10.8. The van der Waals surface area contributed by atoms with Crippen molar-refractivity contribution in [3.8, 4) is 0 Å². The molecule has 0 spiro atoms. The summed E-state index contributed by atoms with van der Waals surface area (Å²) in [6.45, 7) is 0. The SMILES string of the molecule is O=P12C3=C1N2[N+]=N3. The Morgan fingerprint density at radius 1 is 1.86 bits per heavy atom. The van der Waals surface area contributed by atoms with E-state index in [1.165, 1.54) is 4.78 Å². The maximum Gasteiger partial charge on any atom is 0.346 e. The molecule has 1 radical (unpaired) electrons. The van der Waals surface area contributed by atoms with Gasteiger partial charge in [-0.1, -0.05) is 0 Å². The average Bonchev–Trinajstić information content (AvgIpc) is 2.38. The van der Waals surface area contributed by atoms with Crippen LogP contribution in [0.25, 0.3) is 0 Å². The third-order valence-electron chi connectivity index (χ3n) is 1.37. The lowest BCUT2D eigenvalue weighted by molar-refractivity contribution is 0.549. The summed E-state index contributed by atoms with van der Waals surface area (Å²) in [6.07, 6.45) is 0. The molecule has 4 heterocycles. The second-order valence-corrected chi connectivity index (χ2v) is 4.08. The van der Waals surface area contributed by atoms with E-state index >= 15 is 0 Å². The molecule has 0 aromatic heterocycles. The van der Waals surface area contributed by atoms with Crippen molar-refractivity contribution in [2.24, 2.45) is 5.11 Å². The zero-order valence-electron chi connectivity index (χ0n) is 3.20. The highest BCUT2D eigenvalue weighted by molar-refractivity contribution is 7.85. The highest BCUT2D eigenvalue weighted by Crippen LogP contribution is 2.98. The molecule has 5 heteroatoms. The Bertz CT molecular complexity index is 277. The van der Waals surface area contributed by atoms with E-state index in [4.69, 9.17) is 0 Å². The molecule has 4 rings (SSSR count). The Hall–Kier alpha value is -0.630. The van der Waals surface area contributed by atoms with Gasteiger partial charge >= 0.3 is 12.5 Å². The topological polar surface area (TPSA) is 46.5 Å². The summed E-state index contributed by atoms with van der Waals surface area (Å²) < 4.78 is 12.3. The first kappa shape index (κ1) is 2.62. The predicted octanol–water partition coefficient (Wildman–Crippen LogP) is 0.437. The lowest BCUT2D eigenvalue weighted by Crippen LogP contribution is -1.87. The van der Waals surface area contributed by atoms with Crippen LogP contribution >= 0.6 is 7.29 Å². The van der Waals surface area contributed by atoms with Crippen molar-refractivity contribution in [1.82, 2.24) is 10.0 Å². The molecule has 7 heavy (non-hydrogen) atoms. The van der Waals surface area contributed by atoms with Gasteiger partial charge in [0.2, 0.25) is 10.9 Å². The van der Waals surface area contributed by atoms with Gasteiger partial charge in [-0.3, -0.25) is 4.57 Å². The van der Waals surface area contributed by atoms with Crippen LogP contribution in [0.4, 0.5) is 0 Å². The van der Waals surface area contributed by atoms with Gasteiger partial charge in [-0.05, 0) is 0 Å². The first-order valence-electron chi connectivity index (χ1n) is 1.93. The van der Waals surface area contributed by atoms with Crippen LogP contribution in [0.2, 0.25) is 0 Å². The summed E-state index contributed by atoms with van der Waals surface area (Å²) in [4.78, 5) is 0. The van der Waals surface area contributed by atoms with Crippen LogP contribution in [0.15, 0.2) is 16.0 Å². The van der Waals surface area contributed by atoms with Gasteiger partial charge in [-0.25, -0.2) is 0 Å². The summed E-state index contributed by atoms with van der Waals surface area (Å²) in [5.74, 6) is 0. The molecule has 0 aliphatic carbocycles. The summed E-state index contributed by atoms with van der Waals surface area (Å²) in [5.41, 5.74) is 1.68. The molecular weight excluding hydrogens is 113 g/mol. The van der Waals surface area contributed by atoms with Gasteiger partial charge in [0.05, 0.1) is 0 Å². The molecule has 4 aliphatic rings. The molecule has 0 aromatic carbocycles. The largest absolute Gasteiger partial charge is 0.346 e. The third kappa shape index (κ3) is 0.0877. The quantitative estimate of drug-likeness (QED) is 0.338. The van der Waals surface area contributed by atoms with Crippen molar-refractivity contribution in [2.45, 2.75) is 0 Å². The summed E-state index contributed by atoms with van der Waals surface area (Å²) in [7, 11) is -1.96. The number of hydrogen-bond acceptors (Lipinski definition) is 3. The standard InChI is InChI=1S/C2N3OP/c6-7-1-2(7)5(7)4-3-1/q+1. The van der Waals surface area contributed by atoms with Gasteiger partial charge in [0.15, 0.2) is 0 Å². The summed E-state index contributed by atoms with van der Waals surface area (Å²) >= 11 is 0. The van der Waals surface area contributed by atoms with Crippen LogP contribution in [0, 0.1) is 0 Å². The zero-order valence-corrected chi connectivity index (χ0v) is 4.09. The van der Waals surface area contributed by atoms with Crippen LogP contribution < -0.4 is 5.22 Å². The smallest absolute Gasteiger partial charge is 0.280 e. The minimum Gasteiger partial charge on any atom is -0.280 e. The number of hydrogen-bond donors (Lipinski definition) is 0. The second kappa shape index (κ2) is 0.383. The van der Waals surface area contributed by atoms with E-state index in [0.717, 1.165) is 10.9 Å². The van der Waals surface area contributed by atoms with Crippen molar-refractivity contribution in [3.05, 3.63) is 10.9 Å². The fourth-order valence-corrected chi connectivity index (χ4v) is 2.73. The van der Waals surface area contributed by atoms with Crippen LogP contribution in [0.1, 0.15) is 0 Å². The Balaban J connectivity index is 2.57. The third-order valence-corrected chi connectivity index (χ3v) is 3.62. The summed E-state index contributed by atoms with van der Waals surface area (Å²) in [5, 5.41) is 7.13. The van der Waals surface area contributed by atoms with Crippen molar-refractivity contribution >= 4 is 7.29 Å². The highest BCUT2D eigenvalue weighted by atomic mass is 31.2. The van der Waals surface area contributed by atoms with E-state index < -0.39 is 7.29 Å². The fraction of sp³-hybridized carbons (Fsp3) is 0. The van der Waals surface area contributed by atoms with Gasteiger partial charge in [-0.2, -0.15) is 0 Å². The molecule has 4 aliphatic heterocycles. The van der Waals surface area contributed by atoms with Gasteiger partial charge in [0.25, 0.3) is 0 Å². The zero-order chi connectivity index (χ0) is 4.65. The average molecular weight is 113 g/mol. The van der Waals surface area contributed by atoms with Crippen LogP contribution in [-0.4, -0.2) is 4.78 Å². The van der Waals surface area contributed by atoms with Crippen molar-refractivity contribution in [1.29, 1.82) is 0 Å². The van der Waals surface area contributed by atoms with Gasteiger partial charge in [-0.15, -0.1) is 0 Å². The minimum atomic E-state index is -1.96. The highest BCUT2D eigenvalue weighted by Gasteiger charge is 2.90. The fourth-order valence-electron chi connectivity index (χ4n) is 0.818. The molecule has 0 aromatic rings. The lowest BCUT2D eigenvalue weighted by Gasteiger charge is -1.62. The number of rotatable bonds is 0. The molecular formula is C2N3OP+. The molecule has 1 fully saturated rings. The van der Waals surface area contributed by atoms with E-state index in [9.17, 15) is 4.57 Å². The van der Waals surface area contributed by atoms with E-state index in [2.05, 4.69) is 10.3 Å². The molecule has 4 nitrogen and oxygen atoms in total. The Morgan fingerprint density at radius 2 is 2.57 bits per heavy atom. The first-order valence-corrected chi connectivity index (χ1v) is 3.59. The van der Waals surface area contributed by atoms with Crippen molar-refractivity contribution < 1.29 is 4.57 Å². The van der Waals surface area contributed by atoms with Crippen LogP contribution in [0.3, 0.4) is 0 Å². The Morgan fingerprint density at radius 3 is 2.71 bits per heavy atom. The van der Waals surface area contributed by atoms with Gasteiger partial charge in [0, 0.05) is 4.78 Å². The number of nitrogens with zero attached hydrogens (tertiary/aromatic N) is 3. The molecule has 1 unspecified atom stereocenters. The van der Waals surface area contributed by atoms with E-state index in [-0.39, 0.29) is 0 Å².